The first-order valence-corrected chi connectivity index (χ1v) is 13.6. The van der Waals surface area contributed by atoms with Crippen LogP contribution in [0.3, 0.4) is 0 Å². The molecule has 2 amide bonds. The molecular weight excluding hydrogens is 543 g/mol. The Bertz CT molecular complexity index is 1610. The van der Waals surface area contributed by atoms with Gasteiger partial charge in [0.25, 0.3) is 11.8 Å². The molecule has 0 atom stereocenters. The van der Waals surface area contributed by atoms with Crippen LogP contribution in [0.5, 0.6) is 0 Å². The molecule has 216 valence electrons. The van der Waals surface area contributed by atoms with E-state index in [4.69, 9.17) is 0 Å². The number of hydrogen-bond acceptors (Lipinski definition) is 5. The summed E-state index contributed by atoms with van der Waals surface area (Å²) < 4.78 is 40.9. The summed E-state index contributed by atoms with van der Waals surface area (Å²) in [6.45, 7) is 5.30. The van der Waals surface area contributed by atoms with Gasteiger partial charge in [-0.25, -0.2) is 0 Å². The first kappa shape index (κ1) is 28.8. The number of anilines is 2. The molecule has 2 N–H and O–H groups in total. The van der Waals surface area contributed by atoms with Gasteiger partial charge in [-0.3, -0.25) is 19.6 Å². The van der Waals surface area contributed by atoms with E-state index in [-0.39, 0.29) is 11.5 Å². The van der Waals surface area contributed by atoms with Crippen molar-refractivity contribution in [2.24, 2.45) is 0 Å². The topological polar surface area (TPSA) is 87.2 Å². The molecule has 0 aliphatic carbocycles. The van der Waals surface area contributed by atoms with Crippen LogP contribution in [0.25, 0.3) is 11.1 Å². The number of carbonyl (C=O) groups is 2. The Labute approximate surface area is 241 Å². The lowest BCUT2D eigenvalue weighted by molar-refractivity contribution is -0.137. The number of pyridine rings is 2. The van der Waals surface area contributed by atoms with Gasteiger partial charge in [-0.1, -0.05) is 18.2 Å². The normalized spacial score (nSPS) is 13.2. The zero-order valence-corrected chi connectivity index (χ0v) is 23.3. The molecule has 5 rings (SSSR count). The number of aromatic nitrogens is 2. The van der Waals surface area contributed by atoms with Crippen LogP contribution in [0.15, 0.2) is 72.9 Å². The summed E-state index contributed by atoms with van der Waals surface area (Å²) in [5.41, 5.74) is 4.06. The summed E-state index contributed by atoms with van der Waals surface area (Å²) in [5, 5.41) is 5.56. The van der Waals surface area contributed by atoms with E-state index in [2.05, 4.69) is 20.6 Å². The summed E-state index contributed by atoms with van der Waals surface area (Å²) in [7, 11) is 0. The number of amides is 2. The van der Waals surface area contributed by atoms with Crippen molar-refractivity contribution in [3.05, 3.63) is 107 Å². The van der Waals surface area contributed by atoms with E-state index in [9.17, 15) is 22.8 Å². The summed E-state index contributed by atoms with van der Waals surface area (Å²) in [4.78, 5) is 36.4. The van der Waals surface area contributed by atoms with Gasteiger partial charge in [-0.05, 0) is 80.8 Å². The molecule has 1 fully saturated rings. The molecule has 0 saturated carbocycles. The minimum atomic E-state index is -4.58. The van der Waals surface area contributed by atoms with Gasteiger partial charge in [-0.15, -0.1) is 0 Å². The number of aryl methyl sites for hydroxylation is 2. The van der Waals surface area contributed by atoms with Gasteiger partial charge < -0.3 is 15.5 Å². The van der Waals surface area contributed by atoms with Crippen molar-refractivity contribution in [1.82, 2.24) is 15.3 Å². The molecule has 4 aromatic rings. The van der Waals surface area contributed by atoms with E-state index < -0.39 is 17.6 Å². The lowest BCUT2D eigenvalue weighted by Crippen LogP contribution is -2.23. The Morgan fingerprint density at radius 2 is 1.64 bits per heavy atom. The molecule has 10 heteroatoms. The van der Waals surface area contributed by atoms with Crippen molar-refractivity contribution < 1.29 is 22.8 Å². The smallest absolute Gasteiger partial charge is 0.372 e. The summed E-state index contributed by atoms with van der Waals surface area (Å²) in [6.07, 6.45) is -1.32. The first-order chi connectivity index (χ1) is 20.1. The highest BCUT2D eigenvalue weighted by Crippen LogP contribution is 2.34. The SMILES string of the molecule is Cc1cccc(CNC(=O)c2ccc(-c3cc(NC(=O)c4cc(N5CCCC5)cc(C(F)(F)F)c4)cnc3C)cc2)n1. The number of nitrogens with one attached hydrogen (secondary N) is 2. The molecule has 1 aliphatic rings. The quantitative estimate of drug-likeness (QED) is 0.262. The maximum absolute atomic E-state index is 13.6. The van der Waals surface area contributed by atoms with Gasteiger partial charge in [0.15, 0.2) is 0 Å². The average Bonchev–Trinajstić information content (AvgIpc) is 3.52. The van der Waals surface area contributed by atoms with Crippen molar-refractivity contribution in [2.45, 2.75) is 39.4 Å². The fraction of sp³-hybridized carbons (Fsp3) is 0.250. The predicted octanol–water partition coefficient (Wildman–Crippen LogP) is 6.56. The number of halogens is 3. The molecule has 0 radical (unpaired) electrons. The number of rotatable bonds is 7. The number of carbonyl (C=O) groups excluding carboxylic acids is 2. The van der Waals surface area contributed by atoms with E-state index in [1.807, 2.05) is 36.9 Å². The van der Waals surface area contributed by atoms with E-state index in [0.29, 0.717) is 47.8 Å². The van der Waals surface area contributed by atoms with E-state index in [0.717, 1.165) is 41.9 Å². The molecular formula is C32H30F3N5O2. The number of benzene rings is 2. The van der Waals surface area contributed by atoms with Crippen molar-refractivity contribution in [1.29, 1.82) is 0 Å². The maximum atomic E-state index is 13.6. The first-order valence-electron chi connectivity index (χ1n) is 13.6. The van der Waals surface area contributed by atoms with Gasteiger partial charge in [0.2, 0.25) is 0 Å². The Balaban J connectivity index is 1.32. The molecule has 1 saturated heterocycles. The monoisotopic (exact) mass is 573 g/mol. The predicted molar refractivity (Wildman–Crippen MR) is 155 cm³/mol. The number of nitrogens with zero attached hydrogens (tertiary/aromatic N) is 3. The van der Waals surface area contributed by atoms with Gasteiger partial charge in [0.1, 0.15) is 0 Å². The third-order valence-corrected chi connectivity index (χ3v) is 7.16. The third-order valence-electron chi connectivity index (χ3n) is 7.16. The lowest BCUT2D eigenvalue weighted by atomic mass is 10.0. The molecule has 7 nitrogen and oxygen atoms in total. The van der Waals surface area contributed by atoms with Gasteiger partial charge >= 0.3 is 6.18 Å². The van der Waals surface area contributed by atoms with Gasteiger partial charge in [0.05, 0.1) is 29.7 Å². The largest absolute Gasteiger partial charge is 0.416 e. The molecule has 3 heterocycles. The van der Waals surface area contributed by atoms with E-state index >= 15 is 0 Å². The summed E-state index contributed by atoms with van der Waals surface area (Å²) in [6, 6.07) is 17.8. The van der Waals surface area contributed by atoms with Crippen LogP contribution in [0, 0.1) is 13.8 Å². The van der Waals surface area contributed by atoms with Crippen LogP contribution in [-0.2, 0) is 12.7 Å². The van der Waals surface area contributed by atoms with Crippen molar-refractivity contribution in [3.8, 4) is 11.1 Å². The second-order valence-corrected chi connectivity index (χ2v) is 10.3. The molecule has 2 aromatic heterocycles. The van der Waals surface area contributed by atoms with Gasteiger partial charge in [0, 0.05) is 46.9 Å². The lowest BCUT2D eigenvalue weighted by Gasteiger charge is -2.20. The molecule has 0 spiro atoms. The molecule has 0 unspecified atom stereocenters. The summed E-state index contributed by atoms with van der Waals surface area (Å²) >= 11 is 0. The Hall–Kier alpha value is -4.73. The zero-order chi connectivity index (χ0) is 29.9. The summed E-state index contributed by atoms with van der Waals surface area (Å²) in [5.74, 6) is -0.900. The fourth-order valence-corrected chi connectivity index (χ4v) is 4.93. The fourth-order valence-electron chi connectivity index (χ4n) is 4.93. The maximum Gasteiger partial charge on any atom is 0.416 e. The minimum Gasteiger partial charge on any atom is -0.372 e. The average molecular weight is 574 g/mol. The Kier molecular flexibility index (Phi) is 8.24. The zero-order valence-electron chi connectivity index (χ0n) is 23.3. The van der Waals surface area contributed by atoms with Crippen molar-refractivity contribution in [3.63, 3.8) is 0 Å². The highest BCUT2D eigenvalue weighted by Gasteiger charge is 2.32. The number of alkyl halides is 3. The minimum absolute atomic E-state index is 0.0786. The van der Waals surface area contributed by atoms with E-state index in [1.165, 1.54) is 12.3 Å². The Morgan fingerprint density at radius 1 is 0.905 bits per heavy atom. The van der Waals surface area contributed by atoms with Gasteiger partial charge in [-0.2, -0.15) is 13.2 Å². The third kappa shape index (κ3) is 6.76. The second-order valence-electron chi connectivity index (χ2n) is 10.3. The molecule has 0 bridgehead atoms. The van der Waals surface area contributed by atoms with Crippen LogP contribution in [0.2, 0.25) is 0 Å². The van der Waals surface area contributed by atoms with Crippen LogP contribution in [0.4, 0.5) is 24.5 Å². The molecule has 1 aliphatic heterocycles. The molecule has 42 heavy (non-hydrogen) atoms. The van der Waals surface area contributed by atoms with Crippen LogP contribution < -0.4 is 15.5 Å². The van der Waals surface area contributed by atoms with Crippen molar-refractivity contribution in [2.75, 3.05) is 23.3 Å². The Morgan fingerprint density at radius 3 is 2.33 bits per heavy atom. The highest BCUT2D eigenvalue weighted by atomic mass is 19.4. The molecule has 2 aromatic carbocycles. The standard InChI is InChI=1S/C32H30F3N5O2/c1-20-6-5-7-26(38-20)18-37-30(41)23-10-8-22(9-11-23)29-17-27(19-36-21(29)2)39-31(42)24-14-25(32(33,34)35)16-28(15-24)40-12-3-4-13-40/h5-11,14-17,19H,3-4,12-13,18H2,1-2H3,(H,37,41)(H,39,42). The van der Waals surface area contributed by atoms with Crippen molar-refractivity contribution >= 4 is 23.2 Å². The number of hydrogen-bond donors (Lipinski definition) is 2. The van der Waals surface area contributed by atoms with Crippen LogP contribution in [-0.4, -0.2) is 34.9 Å². The van der Waals surface area contributed by atoms with Crippen LogP contribution in [0.1, 0.15) is 56.2 Å². The van der Waals surface area contributed by atoms with Crippen LogP contribution >= 0.6 is 0 Å². The van der Waals surface area contributed by atoms with E-state index in [1.54, 1.807) is 30.3 Å². The highest BCUT2D eigenvalue weighted by molar-refractivity contribution is 6.05. The second kappa shape index (κ2) is 12.0.